The number of aliphatic hydroxyl groups excluding tert-OH is 1. The van der Waals surface area contributed by atoms with E-state index in [4.69, 9.17) is 0 Å². The van der Waals surface area contributed by atoms with Gasteiger partial charge in [-0.2, -0.15) is 0 Å². The molecule has 3 heteroatoms. The number of aliphatic hydroxyl groups is 1. The minimum Gasteiger partial charge on any atom is -0.391 e. The Morgan fingerprint density at radius 3 is 1.88 bits per heavy atom. The lowest BCUT2D eigenvalue weighted by Crippen LogP contribution is -2.25. The zero-order valence-corrected chi connectivity index (χ0v) is 9.24. The average molecular weight is 224 g/mol. The van der Waals surface area contributed by atoms with Crippen LogP contribution in [0.15, 0.2) is 64.6 Å². The summed E-state index contributed by atoms with van der Waals surface area (Å²) < 4.78 is 0. The van der Waals surface area contributed by atoms with Gasteiger partial charge in [-0.15, -0.1) is 0 Å². The third-order valence-electron chi connectivity index (χ3n) is 2.95. The summed E-state index contributed by atoms with van der Waals surface area (Å²) in [5, 5.41) is 11.3. The molecule has 1 aliphatic heterocycles. The molecule has 0 radical (unpaired) electrons. The summed E-state index contributed by atoms with van der Waals surface area (Å²) in [7, 11) is 0. The Kier molecular flexibility index (Phi) is 2.27. The molecule has 2 aromatic carbocycles. The molecule has 2 aromatic rings. The summed E-state index contributed by atoms with van der Waals surface area (Å²) in [6.07, 6.45) is 0. The molecule has 0 saturated carbocycles. The highest BCUT2D eigenvalue weighted by molar-refractivity contribution is 5.26. The molecule has 1 N–H and O–H groups in total. The number of benzene rings is 2. The molecule has 0 saturated heterocycles. The zero-order valence-electron chi connectivity index (χ0n) is 9.24. The van der Waals surface area contributed by atoms with Crippen LogP contribution in [0.1, 0.15) is 5.56 Å². The first-order valence-electron chi connectivity index (χ1n) is 5.55. The SMILES string of the molecule is OCC1(c2ccccc2)N=c2ccccc2=N1. The van der Waals surface area contributed by atoms with E-state index >= 15 is 0 Å². The predicted molar refractivity (Wildman–Crippen MR) is 64.0 cm³/mol. The maximum atomic E-state index is 9.65. The minimum atomic E-state index is -0.856. The Morgan fingerprint density at radius 1 is 0.824 bits per heavy atom. The van der Waals surface area contributed by atoms with E-state index in [2.05, 4.69) is 9.98 Å². The van der Waals surface area contributed by atoms with Crippen LogP contribution in [-0.4, -0.2) is 11.7 Å². The largest absolute Gasteiger partial charge is 0.391 e. The van der Waals surface area contributed by atoms with Crippen molar-refractivity contribution in [2.45, 2.75) is 5.66 Å². The third-order valence-corrected chi connectivity index (χ3v) is 2.95. The number of para-hydroxylation sites is 2. The monoisotopic (exact) mass is 224 g/mol. The summed E-state index contributed by atoms with van der Waals surface area (Å²) in [6, 6.07) is 17.4. The fraction of sp³-hybridized carbons (Fsp3) is 0.143. The lowest BCUT2D eigenvalue weighted by molar-refractivity contribution is 0.203. The van der Waals surface area contributed by atoms with Crippen molar-refractivity contribution < 1.29 is 5.11 Å². The van der Waals surface area contributed by atoms with E-state index in [1.165, 1.54) is 0 Å². The van der Waals surface area contributed by atoms with Crippen molar-refractivity contribution in [3.63, 3.8) is 0 Å². The second-order valence-corrected chi connectivity index (χ2v) is 4.05. The average Bonchev–Trinajstić information content (AvgIpc) is 2.79. The maximum Gasteiger partial charge on any atom is 0.199 e. The van der Waals surface area contributed by atoms with Crippen LogP contribution in [0.4, 0.5) is 0 Å². The molecule has 17 heavy (non-hydrogen) atoms. The first-order valence-corrected chi connectivity index (χ1v) is 5.55. The van der Waals surface area contributed by atoms with Crippen LogP contribution >= 0.6 is 0 Å². The molecule has 1 heterocycles. The van der Waals surface area contributed by atoms with E-state index < -0.39 is 5.66 Å². The van der Waals surface area contributed by atoms with Gasteiger partial charge >= 0.3 is 0 Å². The molecule has 0 amide bonds. The van der Waals surface area contributed by atoms with Crippen molar-refractivity contribution in [2.24, 2.45) is 9.98 Å². The van der Waals surface area contributed by atoms with E-state index in [0.29, 0.717) is 0 Å². The number of fused-ring (bicyclic) bond motifs is 1. The molecule has 0 fully saturated rings. The van der Waals surface area contributed by atoms with E-state index in [1.54, 1.807) is 0 Å². The standard InChI is InChI=1S/C14H12N2O/c17-10-14(11-6-2-1-3-7-11)15-12-8-4-5-9-13(12)16-14/h1-9,17H,10H2. The number of hydrogen-bond donors (Lipinski definition) is 1. The summed E-state index contributed by atoms with van der Waals surface area (Å²) in [5.74, 6) is 0. The number of hydrogen-bond acceptors (Lipinski definition) is 3. The summed E-state index contributed by atoms with van der Waals surface area (Å²) in [5.41, 5.74) is 0.0593. The van der Waals surface area contributed by atoms with Gasteiger partial charge in [-0.25, -0.2) is 9.98 Å². The molecule has 1 aliphatic rings. The molecule has 0 spiro atoms. The Labute approximate surface area is 98.8 Å². The van der Waals surface area contributed by atoms with Crippen molar-refractivity contribution in [3.05, 3.63) is 70.9 Å². The van der Waals surface area contributed by atoms with Crippen LogP contribution in [0.2, 0.25) is 0 Å². The lowest BCUT2D eigenvalue weighted by Gasteiger charge is -2.20. The molecule has 0 atom stereocenters. The van der Waals surface area contributed by atoms with E-state index in [1.807, 2.05) is 54.6 Å². The highest BCUT2D eigenvalue weighted by Crippen LogP contribution is 2.27. The van der Waals surface area contributed by atoms with Crippen LogP contribution in [0, 0.1) is 0 Å². The number of nitrogens with zero attached hydrogens (tertiary/aromatic N) is 2. The molecule has 0 bridgehead atoms. The van der Waals surface area contributed by atoms with Crippen LogP contribution in [0.3, 0.4) is 0 Å². The van der Waals surface area contributed by atoms with Gasteiger partial charge in [-0.1, -0.05) is 42.5 Å². The van der Waals surface area contributed by atoms with Gasteiger partial charge in [0.25, 0.3) is 0 Å². The molecule has 0 aliphatic carbocycles. The Hall–Kier alpha value is -2.00. The zero-order chi connectivity index (χ0) is 11.7. The van der Waals surface area contributed by atoms with Gasteiger partial charge in [0.15, 0.2) is 5.66 Å². The Balaban J connectivity index is 2.24. The van der Waals surface area contributed by atoms with Gasteiger partial charge in [-0.05, 0) is 12.1 Å². The quantitative estimate of drug-likeness (QED) is 0.805. The molecule has 0 aromatic heterocycles. The maximum absolute atomic E-state index is 9.65. The Bertz CT molecular complexity index is 614. The topological polar surface area (TPSA) is 45.0 Å². The summed E-state index contributed by atoms with van der Waals surface area (Å²) >= 11 is 0. The molecule has 3 rings (SSSR count). The second-order valence-electron chi connectivity index (χ2n) is 4.05. The van der Waals surface area contributed by atoms with E-state index in [-0.39, 0.29) is 6.61 Å². The normalized spacial score (nSPS) is 15.8. The van der Waals surface area contributed by atoms with Gasteiger partial charge in [-0.3, -0.25) is 0 Å². The highest BCUT2D eigenvalue weighted by atomic mass is 16.3. The van der Waals surface area contributed by atoms with Crippen LogP contribution in [-0.2, 0) is 5.66 Å². The van der Waals surface area contributed by atoms with Gasteiger partial charge in [0, 0.05) is 5.56 Å². The lowest BCUT2D eigenvalue weighted by atomic mass is 10.0. The van der Waals surface area contributed by atoms with Crippen LogP contribution < -0.4 is 10.7 Å². The van der Waals surface area contributed by atoms with Crippen molar-refractivity contribution >= 4 is 0 Å². The van der Waals surface area contributed by atoms with Gasteiger partial charge in [0.1, 0.15) is 0 Å². The summed E-state index contributed by atoms with van der Waals surface area (Å²) in [6.45, 7) is -0.119. The third kappa shape index (κ3) is 1.56. The van der Waals surface area contributed by atoms with Gasteiger partial charge < -0.3 is 5.11 Å². The van der Waals surface area contributed by atoms with E-state index in [9.17, 15) is 5.11 Å². The minimum absolute atomic E-state index is 0.119. The molecule has 3 nitrogen and oxygen atoms in total. The fourth-order valence-electron chi connectivity index (χ4n) is 2.07. The van der Waals surface area contributed by atoms with Gasteiger partial charge in [0.05, 0.1) is 17.3 Å². The van der Waals surface area contributed by atoms with Crippen molar-refractivity contribution in [2.75, 3.05) is 6.61 Å². The first kappa shape index (κ1) is 10.2. The van der Waals surface area contributed by atoms with Crippen molar-refractivity contribution in [1.29, 1.82) is 0 Å². The second kappa shape index (κ2) is 3.79. The molecule has 0 unspecified atom stereocenters. The van der Waals surface area contributed by atoms with Crippen molar-refractivity contribution in [1.82, 2.24) is 0 Å². The predicted octanol–water partition coefficient (Wildman–Crippen LogP) is 0.785. The highest BCUT2D eigenvalue weighted by Gasteiger charge is 2.32. The van der Waals surface area contributed by atoms with Crippen LogP contribution in [0.5, 0.6) is 0 Å². The Morgan fingerprint density at radius 2 is 1.35 bits per heavy atom. The van der Waals surface area contributed by atoms with Crippen LogP contribution in [0.25, 0.3) is 0 Å². The molecular weight excluding hydrogens is 212 g/mol. The molecular formula is C14H12N2O. The fourth-order valence-corrected chi connectivity index (χ4v) is 2.07. The first-order chi connectivity index (χ1) is 8.34. The van der Waals surface area contributed by atoms with Gasteiger partial charge in [0.2, 0.25) is 0 Å². The van der Waals surface area contributed by atoms with Crippen molar-refractivity contribution in [3.8, 4) is 0 Å². The smallest absolute Gasteiger partial charge is 0.199 e. The van der Waals surface area contributed by atoms with E-state index in [0.717, 1.165) is 16.3 Å². The summed E-state index contributed by atoms with van der Waals surface area (Å²) in [4.78, 5) is 9.11. The number of rotatable bonds is 2. The molecule has 84 valence electrons.